The topological polar surface area (TPSA) is 39.2 Å². The van der Waals surface area contributed by atoms with E-state index in [0.29, 0.717) is 27.1 Å². The average Bonchev–Trinajstić information content (AvgIpc) is 2.82. The Morgan fingerprint density at radius 1 is 1.10 bits per heavy atom. The zero-order valence-corrected chi connectivity index (χ0v) is 12.3. The first kappa shape index (κ1) is 13.4. The maximum Gasteiger partial charge on any atom is 0.280 e. The molecule has 0 fully saturated rings. The van der Waals surface area contributed by atoms with Gasteiger partial charge in [0.25, 0.3) is 5.19 Å². The van der Waals surface area contributed by atoms with Crippen LogP contribution in [-0.2, 0) is 0 Å². The van der Waals surface area contributed by atoms with Crippen LogP contribution in [0.4, 0.5) is 0 Å². The lowest BCUT2D eigenvalue weighted by Crippen LogP contribution is -1.85. The first-order valence-corrected chi connectivity index (χ1v) is 7.23. The van der Waals surface area contributed by atoms with Crippen LogP contribution in [0.2, 0.25) is 10.2 Å². The second-order valence-electron chi connectivity index (χ2n) is 3.95. The van der Waals surface area contributed by atoms with Crippen molar-refractivity contribution in [2.24, 2.45) is 0 Å². The highest BCUT2D eigenvalue weighted by atomic mass is 35.5. The molecule has 0 unspecified atom stereocenters. The van der Waals surface area contributed by atoms with Gasteiger partial charge in [0, 0.05) is 15.8 Å². The van der Waals surface area contributed by atoms with Gasteiger partial charge < -0.3 is 4.74 Å². The smallest absolute Gasteiger partial charge is 0.280 e. The van der Waals surface area contributed by atoms with Gasteiger partial charge in [-0.05, 0) is 12.1 Å². The van der Waals surface area contributed by atoms with Crippen molar-refractivity contribution >= 4 is 51.6 Å². The van der Waals surface area contributed by atoms with Crippen LogP contribution in [0.25, 0.3) is 10.8 Å². The molecule has 0 atom stereocenters. The van der Waals surface area contributed by atoms with E-state index in [1.807, 2.05) is 24.3 Å². The van der Waals surface area contributed by atoms with Crippen molar-refractivity contribution in [2.45, 2.75) is 0 Å². The van der Waals surface area contributed by atoms with Crippen molar-refractivity contribution in [3.05, 3.63) is 51.5 Å². The van der Waals surface area contributed by atoms with Crippen molar-refractivity contribution in [1.29, 1.82) is 0 Å². The summed E-state index contributed by atoms with van der Waals surface area (Å²) < 4.78 is 5.72. The van der Waals surface area contributed by atoms with Gasteiger partial charge in [-0.15, -0.1) is 0 Å². The molecule has 0 spiro atoms. The quantitative estimate of drug-likeness (QED) is 0.621. The van der Waals surface area contributed by atoms with Crippen molar-refractivity contribution in [1.82, 2.24) is 4.98 Å². The predicted octanol–water partition coefficient (Wildman–Crippen LogP) is 5.21. The van der Waals surface area contributed by atoms with Gasteiger partial charge >= 0.3 is 0 Å². The molecule has 3 aromatic rings. The van der Waals surface area contributed by atoms with Gasteiger partial charge in [-0.2, -0.15) is 4.98 Å². The van der Waals surface area contributed by atoms with Crippen LogP contribution in [0, 0.1) is 0 Å². The first-order valence-electron chi connectivity index (χ1n) is 5.65. The minimum atomic E-state index is 0.151. The van der Waals surface area contributed by atoms with Crippen LogP contribution < -0.4 is 4.74 Å². The van der Waals surface area contributed by atoms with E-state index in [-0.39, 0.29) is 5.15 Å². The Morgan fingerprint density at radius 3 is 2.55 bits per heavy atom. The lowest BCUT2D eigenvalue weighted by atomic mass is 10.1. The van der Waals surface area contributed by atoms with Crippen LogP contribution in [0.15, 0.2) is 36.4 Å². The molecule has 0 aliphatic carbocycles. The highest BCUT2D eigenvalue weighted by Gasteiger charge is 2.12. The van der Waals surface area contributed by atoms with E-state index in [1.165, 1.54) is 0 Å². The molecule has 20 heavy (non-hydrogen) atoms. The molecule has 100 valence electrons. The van der Waals surface area contributed by atoms with Gasteiger partial charge in [-0.3, -0.25) is 4.79 Å². The van der Waals surface area contributed by atoms with Gasteiger partial charge in [0.2, 0.25) is 0 Å². The third-order valence-corrected chi connectivity index (χ3v) is 4.31. The monoisotopic (exact) mass is 323 g/mol. The van der Waals surface area contributed by atoms with Crippen LogP contribution in [0.3, 0.4) is 0 Å². The third-order valence-electron chi connectivity index (χ3n) is 2.73. The SMILES string of the molecule is O=Cc1sc(Oc2ccc(Cl)c3ccccc23)nc1Cl. The van der Waals surface area contributed by atoms with E-state index in [9.17, 15) is 4.79 Å². The standard InChI is InChI=1S/C14H7Cl2NO2S/c15-10-5-6-11(9-4-2-1-3-8(9)10)19-14-17-13(16)12(7-18)20-14/h1-7H. The Balaban J connectivity index is 2.06. The second kappa shape index (κ2) is 5.40. The number of benzene rings is 2. The van der Waals surface area contributed by atoms with Crippen LogP contribution in [0.5, 0.6) is 10.9 Å². The summed E-state index contributed by atoms with van der Waals surface area (Å²) in [6, 6.07) is 11.2. The molecule has 3 nitrogen and oxygen atoms in total. The van der Waals surface area contributed by atoms with Gasteiger partial charge in [0.15, 0.2) is 11.4 Å². The molecule has 0 aliphatic heterocycles. The number of nitrogens with zero attached hydrogens (tertiary/aromatic N) is 1. The number of carbonyl (C=O) groups excluding carboxylic acids is 1. The molecule has 1 heterocycles. The zero-order valence-electron chi connectivity index (χ0n) is 9.97. The molecule has 2 aromatic carbocycles. The molecule has 1 aromatic heterocycles. The van der Waals surface area contributed by atoms with Gasteiger partial charge in [-0.1, -0.05) is 58.8 Å². The highest BCUT2D eigenvalue weighted by Crippen LogP contribution is 2.36. The number of rotatable bonds is 3. The molecule has 0 amide bonds. The molecule has 3 rings (SSSR count). The summed E-state index contributed by atoms with van der Waals surface area (Å²) in [6.07, 6.45) is 0.660. The summed E-state index contributed by atoms with van der Waals surface area (Å²) in [5, 5.41) is 2.89. The maximum absolute atomic E-state index is 10.8. The fraction of sp³-hybridized carbons (Fsp3) is 0. The first-order chi connectivity index (χ1) is 9.69. The van der Waals surface area contributed by atoms with E-state index >= 15 is 0 Å². The second-order valence-corrected chi connectivity index (χ2v) is 5.70. The average molecular weight is 324 g/mol. The highest BCUT2D eigenvalue weighted by molar-refractivity contribution is 7.15. The summed E-state index contributed by atoms with van der Waals surface area (Å²) in [4.78, 5) is 15.1. The summed E-state index contributed by atoms with van der Waals surface area (Å²) in [6.45, 7) is 0. The summed E-state index contributed by atoms with van der Waals surface area (Å²) in [7, 11) is 0. The number of aromatic nitrogens is 1. The zero-order chi connectivity index (χ0) is 14.1. The summed E-state index contributed by atoms with van der Waals surface area (Å²) >= 11 is 13.1. The largest absolute Gasteiger partial charge is 0.430 e. The summed E-state index contributed by atoms with van der Waals surface area (Å²) in [5.41, 5.74) is 0. The molecule has 0 radical (unpaired) electrons. The number of halogens is 2. The van der Waals surface area contributed by atoms with Gasteiger partial charge in [-0.25, -0.2) is 0 Å². The Bertz CT molecular complexity index is 801. The van der Waals surface area contributed by atoms with E-state index in [0.717, 1.165) is 22.1 Å². The number of fused-ring (bicyclic) bond motifs is 1. The van der Waals surface area contributed by atoms with Crippen molar-refractivity contribution in [2.75, 3.05) is 0 Å². The molecular weight excluding hydrogens is 317 g/mol. The lowest BCUT2D eigenvalue weighted by molar-refractivity contribution is 0.112. The van der Waals surface area contributed by atoms with E-state index < -0.39 is 0 Å². The van der Waals surface area contributed by atoms with Gasteiger partial charge in [0.1, 0.15) is 10.6 Å². The number of hydrogen-bond donors (Lipinski definition) is 0. The lowest BCUT2D eigenvalue weighted by Gasteiger charge is -2.07. The molecule has 0 bridgehead atoms. The molecule has 0 saturated heterocycles. The van der Waals surface area contributed by atoms with Crippen LogP contribution in [0.1, 0.15) is 9.67 Å². The van der Waals surface area contributed by atoms with Gasteiger partial charge in [0.05, 0.1) is 0 Å². The number of aldehydes is 1. The fourth-order valence-corrected chi connectivity index (χ4v) is 2.98. The van der Waals surface area contributed by atoms with Crippen molar-refractivity contribution < 1.29 is 9.53 Å². The minimum absolute atomic E-state index is 0.151. The molecule has 6 heteroatoms. The van der Waals surface area contributed by atoms with Crippen LogP contribution >= 0.6 is 34.5 Å². The maximum atomic E-state index is 10.8. The molecule has 0 N–H and O–H groups in total. The molecule has 0 saturated carbocycles. The van der Waals surface area contributed by atoms with Crippen molar-refractivity contribution in [3.63, 3.8) is 0 Å². The van der Waals surface area contributed by atoms with E-state index in [1.54, 1.807) is 12.1 Å². The Morgan fingerprint density at radius 2 is 1.85 bits per heavy atom. The van der Waals surface area contributed by atoms with E-state index in [4.69, 9.17) is 27.9 Å². The van der Waals surface area contributed by atoms with Crippen molar-refractivity contribution in [3.8, 4) is 10.9 Å². The Kier molecular flexibility index (Phi) is 3.61. The fourth-order valence-electron chi connectivity index (χ4n) is 1.83. The number of hydrogen-bond acceptors (Lipinski definition) is 4. The summed E-state index contributed by atoms with van der Waals surface area (Å²) in [5.74, 6) is 0.618. The Labute approximate surface area is 128 Å². The predicted molar refractivity (Wildman–Crippen MR) is 81.5 cm³/mol. The third kappa shape index (κ3) is 2.38. The van der Waals surface area contributed by atoms with E-state index in [2.05, 4.69) is 4.98 Å². The van der Waals surface area contributed by atoms with Crippen LogP contribution in [-0.4, -0.2) is 11.3 Å². The normalized spacial score (nSPS) is 10.7. The number of thiazole rings is 1. The minimum Gasteiger partial charge on any atom is -0.430 e. The number of carbonyl (C=O) groups is 1. The molecular formula is C14H7Cl2NO2S. The Hall–Kier alpha value is -1.62. The number of ether oxygens (including phenoxy) is 1. The molecule has 0 aliphatic rings.